The topological polar surface area (TPSA) is 71.5 Å². The summed E-state index contributed by atoms with van der Waals surface area (Å²) in [6, 6.07) is 12.8. The summed E-state index contributed by atoms with van der Waals surface area (Å²) < 4.78 is 129. The first kappa shape index (κ1) is 39.1. The zero-order valence-electron chi connectivity index (χ0n) is 26.5. The Labute approximate surface area is 291 Å². The van der Waals surface area contributed by atoms with Gasteiger partial charge >= 0.3 is 18.7 Å². The molecule has 0 aliphatic heterocycles. The van der Waals surface area contributed by atoms with Gasteiger partial charge in [-0.05, 0) is 78.4 Å². The number of rotatable bonds is 15. The Morgan fingerprint density at radius 2 is 1.63 bits per heavy atom. The molecule has 2 N–H and O–H groups in total. The molecular formula is C36H30ClF9N2O3. The second-order valence-electron chi connectivity index (χ2n) is 11.6. The molecule has 1 heterocycles. The number of halogens is 10. The highest BCUT2D eigenvalue weighted by atomic mass is 35.5. The highest BCUT2D eigenvalue weighted by molar-refractivity contribution is 6.30. The Bertz CT molecular complexity index is 1850. The number of amides is 1. The van der Waals surface area contributed by atoms with E-state index in [1.807, 2.05) is 0 Å². The summed E-state index contributed by atoms with van der Waals surface area (Å²) in [5, 5.41) is 12.1. The predicted molar refractivity (Wildman–Crippen MR) is 171 cm³/mol. The third-order valence-electron chi connectivity index (χ3n) is 7.88. The highest BCUT2D eigenvalue weighted by Crippen LogP contribution is 2.39. The smallest absolute Gasteiger partial charge is 0.461 e. The van der Waals surface area contributed by atoms with Crippen molar-refractivity contribution in [3.8, 4) is 5.75 Å². The number of carbonyl (C=O) groups excluding carboxylic acids is 1. The van der Waals surface area contributed by atoms with Gasteiger partial charge in [0.2, 0.25) is 0 Å². The SMILES string of the molecule is C=C(O)CCCCCc1ccccc1C[C@](NC(=O)c1ccc(F)c(C(F)(F)F)c1)(c1cc(F)cc(OC(F)(F)C(F)F)c1)c1ccc(Cl)cn1. The molecule has 4 aromatic rings. The molecule has 15 heteroatoms. The first-order chi connectivity index (χ1) is 23.9. The van der Waals surface area contributed by atoms with E-state index in [-0.39, 0.29) is 34.5 Å². The van der Waals surface area contributed by atoms with E-state index >= 15 is 4.39 Å². The van der Waals surface area contributed by atoms with E-state index in [2.05, 4.69) is 21.6 Å². The second kappa shape index (κ2) is 16.1. The first-order valence-corrected chi connectivity index (χ1v) is 15.7. The molecule has 0 saturated heterocycles. The van der Waals surface area contributed by atoms with Crippen molar-refractivity contribution >= 4 is 17.5 Å². The van der Waals surface area contributed by atoms with Crippen molar-refractivity contribution in [1.82, 2.24) is 10.3 Å². The number of carbonyl (C=O) groups is 1. The number of nitrogens with zero attached hydrogens (tertiary/aromatic N) is 1. The van der Waals surface area contributed by atoms with Gasteiger partial charge in [0.15, 0.2) is 0 Å². The molecule has 0 unspecified atom stereocenters. The number of nitrogens with one attached hydrogen (secondary N) is 1. The van der Waals surface area contributed by atoms with E-state index in [1.54, 1.807) is 24.3 Å². The molecule has 1 aromatic heterocycles. The maximum Gasteiger partial charge on any atom is 0.461 e. The van der Waals surface area contributed by atoms with Crippen LogP contribution >= 0.6 is 11.6 Å². The number of allylic oxidation sites excluding steroid dienone is 1. The van der Waals surface area contributed by atoms with E-state index in [1.165, 1.54) is 12.1 Å². The largest absolute Gasteiger partial charge is 0.513 e. The van der Waals surface area contributed by atoms with Crippen molar-refractivity contribution in [3.05, 3.63) is 141 Å². The van der Waals surface area contributed by atoms with Crippen LogP contribution in [0.15, 0.2) is 91.3 Å². The second-order valence-corrected chi connectivity index (χ2v) is 12.1. The predicted octanol–water partition coefficient (Wildman–Crippen LogP) is 10.4. The van der Waals surface area contributed by atoms with Gasteiger partial charge in [0.1, 0.15) is 22.9 Å². The van der Waals surface area contributed by atoms with Crippen molar-refractivity contribution in [3.63, 3.8) is 0 Å². The van der Waals surface area contributed by atoms with Crippen molar-refractivity contribution in [2.24, 2.45) is 0 Å². The van der Waals surface area contributed by atoms with Crippen LogP contribution in [0.3, 0.4) is 0 Å². The molecule has 0 fully saturated rings. The Morgan fingerprint density at radius 3 is 2.25 bits per heavy atom. The summed E-state index contributed by atoms with van der Waals surface area (Å²) in [6.45, 7) is 3.45. The summed E-state index contributed by atoms with van der Waals surface area (Å²) in [4.78, 5) is 18.2. The number of pyridine rings is 1. The number of ether oxygens (including phenoxy) is 1. The molecule has 0 aliphatic carbocycles. The van der Waals surface area contributed by atoms with Gasteiger partial charge in [-0.1, -0.05) is 48.9 Å². The fourth-order valence-electron chi connectivity index (χ4n) is 5.45. The van der Waals surface area contributed by atoms with E-state index in [9.17, 15) is 45.0 Å². The molecule has 0 spiro atoms. The minimum atomic E-state index is -5.19. The van der Waals surface area contributed by atoms with Crippen molar-refractivity contribution in [2.45, 2.75) is 62.8 Å². The van der Waals surface area contributed by atoms with Crippen LogP contribution in [-0.2, 0) is 24.6 Å². The Kier molecular flexibility index (Phi) is 12.3. The van der Waals surface area contributed by atoms with E-state index in [0.717, 1.165) is 24.4 Å². The lowest BCUT2D eigenvalue weighted by atomic mass is 9.78. The molecule has 4 rings (SSSR count). The maximum atomic E-state index is 15.3. The van der Waals surface area contributed by atoms with Crippen LogP contribution in [0.2, 0.25) is 5.02 Å². The molecule has 0 aliphatic rings. The standard InChI is InChI=1S/C36H30ClF9N2O3/c1-21(49)7-3-2-4-8-22-9-5-6-10-24(22)19-34(31-14-12-26(37)20-47-31,25-16-27(38)18-28(17-25)51-36(45,46)33(40)41)48-32(50)23-11-13-30(39)29(15-23)35(42,43)44/h5-6,9-18,20,33,49H,1-4,7-8,19H2,(H,48,50)/t34-/m0/s1. The zero-order valence-corrected chi connectivity index (χ0v) is 27.3. The van der Waals surface area contributed by atoms with Crippen molar-refractivity contribution < 1.29 is 54.2 Å². The number of hydrogen-bond donors (Lipinski definition) is 2. The fourth-order valence-corrected chi connectivity index (χ4v) is 5.56. The van der Waals surface area contributed by atoms with Crippen LogP contribution in [0.1, 0.15) is 64.0 Å². The molecule has 5 nitrogen and oxygen atoms in total. The number of benzene rings is 3. The quantitative estimate of drug-likeness (QED) is 0.0722. The van der Waals surface area contributed by atoms with Crippen molar-refractivity contribution in [1.29, 1.82) is 0 Å². The fraction of sp³-hybridized carbons (Fsp3) is 0.278. The number of aryl methyl sites for hydroxylation is 1. The molecular weight excluding hydrogens is 715 g/mol. The van der Waals surface area contributed by atoms with E-state index in [4.69, 9.17) is 11.6 Å². The van der Waals surface area contributed by atoms with Crippen LogP contribution in [0.5, 0.6) is 5.75 Å². The van der Waals surface area contributed by atoms with Crippen LogP contribution in [0.4, 0.5) is 39.5 Å². The molecule has 51 heavy (non-hydrogen) atoms. The average Bonchev–Trinajstić information content (AvgIpc) is 3.04. The van der Waals surface area contributed by atoms with E-state index < -0.39 is 58.7 Å². The van der Waals surface area contributed by atoms with Gasteiger partial charge in [0.05, 0.1) is 22.0 Å². The van der Waals surface area contributed by atoms with Gasteiger partial charge in [-0.2, -0.15) is 30.7 Å². The lowest BCUT2D eigenvalue weighted by Gasteiger charge is -2.36. The molecule has 0 radical (unpaired) electrons. The Balaban J connectivity index is 1.93. The summed E-state index contributed by atoms with van der Waals surface area (Å²) in [7, 11) is 0. The van der Waals surface area contributed by atoms with Crippen LogP contribution in [0, 0.1) is 11.6 Å². The van der Waals surface area contributed by atoms with Crippen molar-refractivity contribution in [2.75, 3.05) is 0 Å². The van der Waals surface area contributed by atoms with E-state index in [0.29, 0.717) is 55.4 Å². The third kappa shape index (κ3) is 9.96. The molecule has 3 aromatic carbocycles. The summed E-state index contributed by atoms with van der Waals surface area (Å²) in [5.74, 6) is -5.21. The number of aliphatic hydroxyl groups is 1. The monoisotopic (exact) mass is 744 g/mol. The lowest BCUT2D eigenvalue weighted by Crippen LogP contribution is -2.49. The lowest BCUT2D eigenvalue weighted by molar-refractivity contribution is -0.253. The number of aromatic nitrogens is 1. The molecule has 1 atom stereocenters. The summed E-state index contributed by atoms with van der Waals surface area (Å²) >= 11 is 6.08. The van der Waals surface area contributed by atoms with Gasteiger partial charge in [-0.15, -0.1) is 0 Å². The third-order valence-corrected chi connectivity index (χ3v) is 8.11. The molecule has 0 bridgehead atoms. The molecule has 1 amide bonds. The van der Waals surface area contributed by atoms with Crippen LogP contribution in [-0.4, -0.2) is 28.5 Å². The first-order valence-electron chi connectivity index (χ1n) is 15.3. The molecule has 272 valence electrons. The number of hydrogen-bond acceptors (Lipinski definition) is 4. The average molecular weight is 745 g/mol. The maximum absolute atomic E-state index is 15.3. The van der Waals surface area contributed by atoms with Crippen LogP contribution in [0.25, 0.3) is 0 Å². The number of unbranched alkanes of at least 4 members (excludes halogenated alkanes) is 2. The van der Waals surface area contributed by atoms with Gasteiger partial charge in [-0.25, -0.2) is 8.78 Å². The van der Waals surface area contributed by atoms with Gasteiger partial charge in [-0.3, -0.25) is 9.78 Å². The minimum Gasteiger partial charge on any atom is -0.513 e. The normalized spacial score (nSPS) is 13.2. The highest BCUT2D eigenvalue weighted by Gasteiger charge is 2.45. The number of alkyl halides is 7. The Hall–Kier alpha value is -4.72. The summed E-state index contributed by atoms with van der Waals surface area (Å²) in [5.41, 5.74) is -3.88. The molecule has 0 saturated carbocycles. The zero-order chi connectivity index (χ0) is 37.6. The Morgan fingerprint density at radius 1 is 0.922 bits per heavy atom. The minimum absolute atomic E-state index is 0.0275. The van der Waals surface area contributed by atoms with Gasteiger partial charge in [0.25, 0.3) is 5.91 Å². The summed E-state index contributed by atoms with van der Waals surface area (Å²) in [6.07, 6.45) is -11.0. The number of aliphatic hydroxyl groups excluding tert-OH is 1. The van der Waals surface area contributed by atoms with Gasteiger partial charge in [0, 0.05) is 30.7 Å². The van der Waals surface area contributed by atoms with Gasteiger partial charge < -0.3 is 15.2 Å². The van der Waals surface area contributed by atoms with Crippen LogP contribution < -0.4 is 10.1 Å².